The Morgan fingerprint density at radius 2 is 1.94 bits per heavy atom. The van der Waals surface area contributed by atoms with Crippen molar-refractivity contribution in [1.82, 2.24) is 10.3 Å². The van der Waals surface area contributed by atoms with Gasteiger partial charge >= 0.3 is 0 Å². The van der Waals surface area contributed by atoms with Crippen LogP contribution in [0.4, 0.5) is 0 Å². The van der Waals surface area contributed by atoms with Gasteiger partial charge in [-0.3, -0.25) is 4.98 Å². The summed E-state index contributed by atoms with van der Waals surface area (Å²) >= 11 is 3.56. The van der Waals surface area contributed by atoms with Gasteiger partial charge in [0.2, 0.25) is 0 Å². The number of hydrogen-bond donors (Lipinski definition) is 1. The highest BCUT2D eigenvalue weighted by Crippen LogP contribution is 2.18. The van der Waals surface area contributed by atoms with E-state index in [-0.39, 0.29) is 0 Å². The van der Waals surface area contributed by atoms with Crippen molar-refractivity contribution >= 4 is 15.9 Å². The van der Waals surface area contributed by atoms with Crippen LogP contribution in [0.3, 0.4) is 0 Å². The minimum atomic E-state index is 0.327. The highest BCUT2D eigenvalue weighted by molar-refractivity contribution is 9.10. The van der Waals surface area contributed by atoms with Gasteiger partial charge in [-0.15, -0.1) is 0 Å². The first-order valence-corrected chi connectivity index (χ1v) is 6.84. The summed E-state index contributed by atoms with van der Waals surface area (Å²) in [7, 11) is 0. The molecule has 3 heteroatoms. The van der Waals surface area contributed by atoms with E-state index in [0.717, 1.165) is 6.54 Å². The molecule has 1 atom stereocenters. The second-order valence-electron chi connectivity index (χ2n) is 4.47. The Balaban J connectivity index is 1.97. The van der Waals surface area contributed by atoms with E-state index in [0.29, 0.717) is 6.04 Å². The molecule has 1 aromatic carbocycles. The van der Waals surface area contributed by atoms with Gasteiger partial charge in [0.15, 0.2) is 0 Å². The van der Waals surface area contributed by atoms with Crippen LogP contribution in [0.25, 0.3) is 0 Å². The van der Waals surface area contributed by atoms with Crippen molar-refractivity contribution in [2.75, 3.05) is 0 Å². The summed E-state index contributed by atoms with van der Waals surface area (Å²) in [5, 5.41) is 3.51. The molecule has 94 valence electrons. The lowest BCUT2D eigenvalue weighted by Gasteiger charge is -2.14. The first-order valence-electron chi connectivity index (χ1n) is 6.05. The number of benzene rings is 1. The maximum atomic E-state index is 4.03. The molecule has 0 bridgehead atoms. The number of rotatable bonds is 4. The number of aromatic nitrogens is 1. The Labute approximate surface area is 117 Å². The fourth-order valence-corrected chi connectivity index (χ4v) is 2.21. The van der Waals surface area contributed by atoms with Gasteiger partial charge in [0.1, 0.15) is 0 Å². The van der Waals surface area contributed by atoms with Crippen molar-refractivity contribution in [1.29, 1.82) is 0 Å². The quantitative estimate of drug-likeness (QED) is 0.923. The number of nitrogens with zero attached hydrogens (tertiary/aromatic N) is 1. The molecule has 0 unspecified atom stereocenters. The van der Waals surface area contributed by atoms with Gasteiger partial charge in [0.05, 0.1) is 0 Å². The zero-order valence-electron chi connectivity index (χ0n) is 10.7. The molecule has 18 heavy (non-hydrogen) atoms. The molecule has 0 radical (unpaired) electrons. The van der Waals surface area contributed by atoms with Crippen LogP contribution in [0, 0.1) is 6.92 Å². The topological polar surface area (TPSA) is 24.9 Å². The van der Waals surface area contributed by atoms with Crippen molar-refractivity contribution in [3.8, 4) is 0 Å². The molecule has 1 aromatic heterocycles. The van der Waals surface area contributed by atoms with Gasteiger partial charge in [-0.25, -0.2) is 0 Å². The summed E-state index contributed by atoms with van der Waals surface area (Å²) in [6.45, 7) is 5.13. The van der Waals surface area contributed by atoms with Crippen LogP contribution in [0.1, 0.15) is 29.7 Å². The number of aryl methyl sites for hydroxylation is 1. The lowest BCUT2D eigenvalue weighted by Crippen LogP contribution is -2.18. The molecule has 2 aromatic rings. The summed E-state index contributed by atoms with van der Waals surface area (Å²) in [6, 6.07) is 10.9. The Hall–Kier alpha value is -1.19. The van der Waals surface area contributed by atoms with Gasteiger partial charge in [-0.2, -0.15) is 0 Å². The third-order valence-electron chi connectivity index (χ3n) is 3.05. The molecule has 1 N–H and O–H groups in total. The van der Waals surface area contributed by atoms with Crippen LogP contribution in [0.5, 0.6) is 0 Å². The minimum Gasteiger partial charge on any atom is -0.306 e. The normalized spacial score (nSPS) is 12.4. The molecule has 0 spiro atoms. The molecular formula is C15H17BrN2. The Morgan fingerprint density at radius 1 is 1.22 bits per heavy atom. The summed E-state index contributed by atoms with van der Waals surface area (Å²) in [6.07, 6.45) is 3.66. The summed E-state index contributed by atoms with van der Waals surface area (Å²) in [4.78, 5) is 4.03. The van der Waals surface area contributed by atoms with E-state index >= 15 is 0 Å². The number of halogens is 1. The standard InChI is InChI=1S/C15H17BrN2/c1-11-3-4-13(9-15(11)16)10-18-12(2)14-5-7-17-8-6-14/h3-9,12,18H,10H2,1-2H3/t12-/m1/s1. The van der Waals surface area contributed by atoms with Crippen molar-refractivity contribution in [2.24, 2.45) is 0 Å². The highest BCUT2D eigenvalue weighted by Gasteiger charge is 2.04. The molecule has 2 rings (SSSR count). The second-order valence-corrected chi connectivity index (χ2v) is 5.32. The maximum Gasteiger partial charge on any atom is 0.0296 e. The van der Waals surface area contributed by atoms with Gasteiger partial charge in [-0.1, -0.05) is 28.1 Å². The monoisotopic (exact) mass is 304 g/mol. The third-order valence-corrected chi connectivity index (χ3v) is 3.91. The molecule has 1 heterocycles. The van der Waals surface area contributed by atoms with Gasteiger partial charge in [-0.05, 0) is 48.7 Å². The van der Waals surface area contributed by atoms with Crippen LogP contribution in [0.2, 0.25) is 0 Å². The lowest BCUT2D eigenvalue weighted by molar-refractivity contribution is 0.574. The van der Waals surface area contributed by atoms with E-state index in [4.69, 9.17) is 0 Å². The SMILES string of the molecule is Cc1ccc(CN[C@H](C)c2ccncc2)cc1Br. The zero-order chi connectivity index (χ0) is 13.0. The van der Waals surface area contributed by atoms with Crippen LogP contribution in [-0.4, -0.2) is 4.98 Å². The van der Waals surface area contributed by atoms with E-state index in [9.17, 15) is 0 Å². The number of pyridine rings is 1. The van der Waals surface area contributed by atoms with Crippen LogP contribution >= 0.6 is 15.9 Å². The zero-order valence-corrected chi connectivity index (χ0v) is 12.2. The van der Waals surface area contributed by atoms with E-state index in [1.54, 1.807) is 0 Å². The molecule has 2 nitrogen and oxygen atoms in total. The molecule has 0 amide bonds. The van der Waals surface area contributed by atoms with Crippen LogP contribution < -0.4 is 5.32 Å². The molecule has 0 aliphatic carbocycles. The first-order chi connectivity index (χ1) is 8.66. The molecule has 0 fully saturated rings. The fourth-order valence-electron chi connectivity index (χ4n) is 1.79. The van der Waals surface area contributed by atoms with E-state index in [2.05, 4.69) is 58.3 Å². The van der Waals surface area contributed by atoms with Crippen LogP contribution in [0.15, 0.2) is 47.2 Å². The van der Waals surface area contributed by atoms with Crippen molar-refractivity contribution in [2.45, 2.75) is 26.4 Å². The van der Waals surface area contributed by atoms with Gasteiger partial charge in [0.25, 0.3) is 0 Å². The van der Waals surface area contributed by atoms with Crippen molar-refractivity contribution < 1.29 is 0 Å². The molecule has 0 saturated carbocycles. The second kappa shape index (κ2) is 6.12. The molecule has 0 saturated heterocycles. The summed E-state index contributed by atoms with van der Waals surface area (Å²) < 4.78 is 1.17. The average Bonchev–Trinajstić information content (AvgIpc) is 2.41. The molecule has 0 aliphatic heterocycles. The van der Waals surface area contributed by atoms with Crippen LogP contribution in [-0.2, 0) is 6.54 Å². The van der Waals surface area contributed by atoms with Crippen molar-refractivity contribution in [3.05, 3.63) is 63.9 Å². The maximum absolute atomic E-state index is 4.03. The molecule has 0 aliphatic rings. The highest BCUT2D eigenvalue weighted by atomic mass is 79.9. The smallest absolute Gasteiger partial charge is 0.0296 e. The predicted molar refractivity (Wildman–Crippen MR) is 78.4 cm³/mol. The summed E-state index contributed by atoms with van der Waals surface area (Å²) in [5.41, 5.74) is 3.81. The Morgan fingerprint density at radius 3 is 2.61 bits per heavy atom. The predicted octanol–water partition coefficient (Wildman–Crippen LogP) is 4.00. The van der Waals surface area contributed by atoms with E-state index in [1.165, 1.54) is 21.2 Å². The average molecular weight is 305 g/mol. The number of hydrogen-bond acceptors (Lipinski definition) is 2. The fraction of sp³-hybridized carbons (Fsp3) is 0.267. The third kappa shape index (κ3) is 3.40. The van der Waals surface area contributed by atoms with E-state index < -0.39 is 0 Å². The Bertz CT molecular complexity index is 511. The number of nitrogens with one attached hydrogen (secondary N) is 1. The minimum absolute atomic E-state index is 0.327. The first kappa shape index (κ1) is 13.2. The largest absolute Gasteiger partial charge is 0.306 e. The van der Waals surface area contributed by atoms with Gasteiger partial charge < -0.3 is 5.32 Å². The summed E-state index contributed by atoms with van der Waals surface area (Å²) in [5.74, 6) is 0. The molecular weight excluding hydrogens is 288 g/mol. The Kier molecular flexibility index (Phi) is 4.50. The lowest BCUT2D eigenvalue weighted by atomic mass is 10.1. The van der Waals surface area contributed by atoms with E-state index in [1.807, 2.05) is 24.5 Å². The van der Waals surface area contributed by atoms with Gasteiger partial charge in [0, 0.05) is 29.5 Å². The van der Waals surface area contributed by atoms with Crippen molar-refractivity contribution in [3.63, 3.8) is 0 Å².